The summed E-state index contributed by atoms with van der Waals surface area (Å²) in [7, 11) is 0. The van der Waals surface area contributed by atoms with Gasteiger partial charge in [0.25, 0.3) is 5.91 Å². The number of carbonyl (C=O) groups excluding carboxylic acids is 1. The number of nitrogens with zero attached hydrogens (tertiary/aromatic N) is 1. The van der Waals surface area contributed by atoms with Crippen molar-refractivity contribution in [3.8, 4) is 16.9 Å². The van der Waals surface area contributed by atoms with Crippen LogP contribution in [0, 0.1) is 0 Å². The summed E-state index contributed by atoms with van der Waals surface area (Å²) in [6, 6.07) is 26.0. The van der Waals surface area contributed by atoms with E-state index < -0.39 is 0 Å². The number of amides is 1. The standard InChI is InChI=1S/C25H24N2O2/c28-25(27-26-23-16-8-5-13-19-12-4-6-14-21(19)23)18-29-24-17-9-7-15-22(24)20-10-2-1-3-11-20/h1-4,6-7,9-12,14-15,17H,5,8,13,16,18H2,(H,27,28)/b26-23-. The molecule has 1 N–H and O–H groups in total. The summed E-state index contributed by atoms with van der Waals surface area (Å²) in [5.74, 6) is 0.420. The topological polar surface area (TPSA) is 50.7 Å². The number of aryl methyl sites for hydroxylation is 1. The first-order chi connectivity index (χ1) is 14.3. The zero-order valence-electron chi connectivity index (χ0n) is 16.3. The van der Waals surface area contributed by atoms with E-state index in [4.69, 9.17) is 4.74 Å². The molecule has 4 rings (SSSR count). The lowest BCUT2D eigenvalue weighted by Gasteiger charge is -2.11. The Morgan fingerprint density at radius 2 is 1.52 bits per heavy atom. The Bertz CT molecular complexity index is 1010. The average molecular weight is 384 g/mol. The maximum absolute atomic E-state index is 12.4. The van der Waals surface area contributed by atoms with Gasteiger partial charge in [0.15, 0.2) is 6.61 Å². The Balaban J connectivity index is 1.43. The molecule has 0 atom stereocenters. The van der Waals surface area contributed by atoms with Crippen LogP contribution < -0.4 is 10.2 Å². The van der Waals surface area contributed by atoms with Gasteiger partial charge in [-0.25, -0.2) is 5.43 Å². The summed E-state index contributed by atoms with van der Waals surface area (Å²) in [6.07, 6.45) is 4.14. The molecular formula is C25H24N2O2. The molecule has 1 aliphatic rings. The highest BCUT2D eigenvalue weighted by molar-refractivity contribution is 6.02. The number of benzene rings is 3. The van der Waals surface area contributed by atoms with Crippen molar-refractivity contribution in [3.63, 3.8) is 0 Å². The Labute approximate surface area is 171 Å². The highest BCUT2D eigenvalue weighted by atomic mass is 16.5. The predicted molar refractivity (Wildman–Crippen MR) is 116 cm³/mol. The first-order valence-corrected chi connectivity index (χ1v) is 10.0. The monoisotopic (exact) mass is 384 g/mol. The van der Waals surface area contributed by atoms with E-state index in [1.165, 1.54) is 5.56 Å². The minimum Gasteiger partial charge on any atom is -0.483 e. The van der Waals surface area contributed by atoms with Gasteiger partial charge >= 0.3 is 0 Å². The number of hydrazone groups is 1. The molecule has 0 spiro atoms. The molecule has 4 heteroatoms. The van der Waals surface area contributed by atoms with E-state index in [1.54, 1.807) is 0 Å². The molecule has 29 heavy (non-hydrogen) atoms. The lowest BCUT2D eigenvalue weighted by molar-refractivity contribution is -0.123. The number of rotatable bonds is 5. The Morgan fingerprint density at radius 1 is 0.828 bits per heavy atom. The fourth-order valence-electron chi connectivity index (χ4n) is 3.63. The molecule has 0 aromatic heterocycles. The second-order valence-electron chi connectivity index (χ2n) is 7.11. The van der Waals surface area contributed by atoms with Gasteiger partial charge in [-0.1, -0.05) is 72.8 Å². The molecule has 1 amide bonds. The molecule has 1 aliphatic carbocycles. The van der Waals surface area contributed by atoms with E-state index in [1.807, 2.05) is 60.7 Å². The van der Waals surface area contributed by atoms with Crippen LogP contribution >= 0.6 is 0 Å². The van der Waals surface area contributed by atoms with Gasteiger partial charge in [-0.2, -0.15) is 5.10 Å². The van der Waals surface area contributed by atoms with Gasteiger partial charge in [0.1, 0.15) is 5.75 Å². The van der Waals surface area contributed by atoms with Gasteiger partial charge in [0, 0.05) is 11.1 Å². The van der Waals surface area contributed by atoms with E-state index in [0.717, 1.165) is 48.1 Å². The van der Waals surface area contributed by atoms with Crippen molar-refractivity contribution >= 4 is 11.6 Å². The van der Waals surface area contributed by atoms with E-state index in [9.17, 15) is 4.79 Å². The van der Waals surface area contributed by atoms with E-state index >= 15 is 0 Å². The Hall–Kier alpha value is -3.40. The van der Waals surface area contributed by atoms with Crippen LogP contribution in [-0.4, -0.2) is 18.2 Å². The summed E-state index contributed by atoms with van der Waals surface area (Å²) in [4.78, 5) is 12.4. The van der Waals surface area contributed by atoms with Crippen LogP contribution in [0.4, 0.5) is 0 Å². The van der Waals surface area contributed by atoms with Gasteiger partial charge in [-0.05, 0) is 42.9 Å². The van der Waals surface area contributed by atoms with E-state index in [2.05, 4.69) is 28.7 Å². The second-order valence-corrected chi connectivity index (χ2v) is 7.11. The highest BCUT2D eigenvalue weighted by Crippen LogP contribution is 2.29. The van der Waals surface area contributed by atoms with Crippen LogP contribution in [-0.2, 0) is 11.2 Å². The molecular weight excluding hydrogens is 360 g/mol. The molecule has 0 radical (unpaired) electrons. The van der Waals surface area contributed by atoms with E-state index in [0.29, 0.717) is 5.75 Å². The third-order valence-electron chi connectivity index (χ3n) is 5.08. The third kappa shape index (κ3) is 4.72. The van der Waals surface area contributed by atoms with E-state index in [-0.39, 0.29) is 12.5 Å². The number of carbonyl (C=O) groups is 1. The number of ether oxygens (including phenoxy) is 1. The van der Waals surface area contributed by atoms with Gasteiger partial charge in [0.2, 0.25) is 0 Å². The number of hydrogen-bond acceptors (Lipinski definition) is 3. The fraction of sp³-hybridized carbons (Fsp3) is 0.200. The van der Waals surface area contributed by atoms with Crippen molar-refractivity contribution in [1.82, 2.24) is 5.43 Å². The second kappa shape index (κ2) is 9.20. The minimum absolute atomic E-state index is 0.0811. The first kappa shape index (κ1) is 18.9. The molecule has 0 bridgehead atoms. The van der Waals surface area contributed by atoms with Crippen LogP contribution in [0.5, 0.6) is 5.75 Å². The molecule has 146 valence electrons. The van der Waals surface area contributed by atoms with Gasteiger partial charge in [-0.3, -0.25) is 4.79 Å². The highest BCUT2D eigenvalue weighted by Gasteiger charge is 2.14. The van der Waals surface area contributed by atoms with Crippen molar-refractivity contribution in [2.45, 2.75) is 25.7 Å². The molecule has 0 heterocycles. The van der Waals surface area contributed by atoms with Crippen LogP contribution in [0.3, 0.4) is 0 Å². The zero-order chi connectivity index (χ0) is 19.9. The SMILES string of the molecule is O=C(COc1ccccc1-c1ccccc1)N/N=C1/CCCCc2ccccc21. The van der Waals surface area contributed by atoms with Crippen molar-refractivity contribution < 1.29 is 9.53 Å². The van der Waals surface area contributed by atoms with Crippen molar-refractivity contribution in [2.75, 3.05) is 6.61 Å². The zero-order valence-corrected chi connectivity index (χ0v) is 16.3. The van der Waals surface area contributed by atoms with Gasteiger partial charge < -0.3 is 4.74 Å². The van der Waals surface area contributed by atoms with Crippen LogP contribution in [0.1, 0.15) is 30.4 Å². The molecule has 0 aliphatic heterocycles. The molecule has 0 saturated carbocycles. The fourth-order valence-corrected chi connectivity index (χ4v) is 3.63. The lowest BCUT2D eigenvalue weighted by Crippen LogP contribution is -2.26. The average Bonchev–Trinajstić information content (AvgIpc) is 2.99. The summed E-state index contributed by atoms with van der Waals surface area (Å²) in [6.45, 7) is -0.0811. The van der Waals surface area contributed by atoms with Crippen LogP contribution in [0.2, 0.25) is 0 Å². The van der Waals surface area contributed by atoms with Crippen LogP contribution in [0.15, 0.2) is 84.0 Å². The summed E-state index contributed by atoms with van der Waals surface area (Å²) in [5.41, 5.74) is 8.07. The molecule has 0 saturated heterocycles. The van der Waals surface area contributed by atoms with Crippen molar-refractivity contribution in [2.24, 2.45) is 5.10 Å². The smallest absolute Gasteiger partial charge is 0.277 e. The number of hydrogen-bond donors (Lipinski definition) is 1. The Kier molecular flexibility index (Phi) is 6.01. The largest absolute Gasteiger partial charge is 0.483 e. The first-order valence-electron chi connectivity index (χ1n) is 10.0. The third-order valence-corrected chi connectivity index (χ3v) is 5.08. The van der Waals surface area contributed by atoms with Crippen LogP contribution in [0.25, 0.3) is 11.1 Å². The quantitative estimate of drug-likeness (QED) is 0.498. The maximum Gasteiger partial charge on any atom is 0.277 e. The molecule has 0 fully saturated rings. The predicted octanol–water partition coefficient (Wildman–Crippen LogP) is 4.98. The minimum atomic E-state index is -0.262. The molecule has 0 unspecified atom stereocenters. The summed E-state index contributed by atoms with van der Waals surface area (Å²) < 4.78 is 5.81. The Morgan fingerprint density at radius 3 is 2.38 bits per heavy atom. The van der Waals surface area contributed by atoms with Gasteiger partial charge in [-0.15, -0.1) is 0 Å². The molecule has 3 aromatic carbocycles. The maximum atomic E-state index is 12.4. The summed E-state index contributed by atoms with van der Waals surface area (Å²) >= 11 is 0. The van der Waals surface area contributed by atoms with Gasteiger partial charge in [0.05, 0.1) is 5.71 Å². The summed E-state index contributed by atoms with van der Waals surface area (Å²) in [5, 5.41) is 4.41. The number of fused-ring (bicyclic) bond motifs is 1. The number of nitrogens with one attached hydrogen (secondary N) is 1. The number of para-hydroxylation sites is 1. The normalized spacial score (nSPS) is 14.7. The van der Waals surface area contributed by atoms with Crippen molar-refractivity contribution in [1.29, 1.82) is 0 Å². The lowest BCUT2D eigenvalue weighted by atomic mass is 10.0. The molecule has 3 aromatic rings. The van der Waals surface area contributed by atoms with Crippen molar-refractivity contribution in [3.05, 3.63) is 90.0 Å². The molecule has 4 nitrogen and oxygen atoms in total.